The number of alkyl halides is 3. The highest BCUT2D eigenvalue weighted by molar-refractivity contribution is 7.71. The Kier molecular flexibility index (Phi) is 9.24. The third-order valence-electron chi connectivity index (χ3n) is 7.07. The third-order valence-corrected chi connectivity index (χ3v) is 8.60. The van der Waals surface area contributed by atoms with Crippen molar-refractivity contribution >= 4 is 35.0 Å². The lowest BCUT2D eigenvalue weighted by Gasteiger charge is -2.25. The van der Waals surface area contributed by atoms with E-state index in [1.807, 2.05) is 25.1 Å². The zero-order chi connectivity index (χ0) is 28.2. The van der Waals surface area contributed by atoms with Crippen molar-refractivity contribution in [3.8, 4) is 11.3 Å². The number of benzene rings is 1. The molecule has 1 aromatic carbocycles. The zero-order valence-electron chi connectivity index (χ0n) is 23.0. The lowest BCUT2D eigenvalue weighted by Crippen LogP contribution is -2.26. The quantitative estimate of drug-likeness (QED) is 0.202. The Morgan fingerprint density at radius 2 is 1.95 bits per heavy atom. The average Bonchev–Trinajstić information content (AvgIpc) is 3.54. The van der Waals surface area contributed by atoms with E-state index in [0.29, 0.717) is 41.5 Å². The van der Waals surface area contributed by atoms with Gasteiger partial charge in [0.1, 0.15) is 12.7 Å². The summed E-state index contributed by atoms with van der Waals surface area (Å²) >= 11 is 0. The van der Waals surface area contributed by atoms with Gasteiger partial charge in [0.25, 0.3) is 0 Å². The number of H-pyrrole nitrogens is 1. The van der Waals surface area contributed by atoms with Gasteiger partial charge in [0.2, 0.25) is 5.95 Å². The number of halogens is 3. The number of rotatable bonds is 12. The van der Waals surface area contributed by atoms with Gasteiger partial charge in [-0.1, -0.05) is 18.9 Å². The van der Waals surface area contributed by atoms with Crippen LogP contribution < -0.4 is 20.8 Å². The summed E-state index contributed by atoms with van der Waals surface area (Å²) in [4.78, 5) is 13.5. The predicted octanol–water partition coefficient (Wildman–Crippen LogP) is 5.31. The molecule has 39 heavy (non-hydrogen) atoms. The van der Waals surface area contributed by atoms with Crippen molar-refractivity contribution in [2.45, 2.75) is 44.3 Å². The van der Waals surface area contributed by atoms with E-state index in [-0.39, 0.29) is 17.7 Å². The summed E-state index contributed by atoms with van der Waals surface area (Å²) in [7, 11) is 0.951. The van der Waals surface area contributed by atoms with E-state index in [4.69, 9.17) is 4.74 Å². The molecule has 4 rings (SSSR count). The van der Waals surface area contributed by atoms with Crippen LogP contribution in [0.4, 0.5) is 24.8 Å². The molecule has 8 nitrogen and oxygen atoms in total. The summed E-state index contributed by atoms with van der Waals surface area (Å²) in [6.45, 7) is 6.03. The van der Waals surface area contributed by atoms with Crippen LogP contribution in [-0.4, -0.2) is 74.7 Å². The van der Waals surface area contributed by atoms with Crippen LogP contribution in [0.15, 0.2) is 24.5 Å². The second-order valence-electron chi connectivity index (χ2n) is 10.5. The summed E-state index contributed by atoms with van der Waals surface area (Å²) < 4.78 is 61.3. The van der Waals surface area contributed by atoms with E-state index in [1.165, 1.54) is 6.20 Å². The van der Waals surface area contributed by atoms with E-state index in [2.05, 4.69) is 25.6 Å². The topological polar surface area (TPSA) is 95.2 Å². The Hall–Kier alpha value is -2.62. The van der Waals surface area contributed by atoms with Gasteiger partial charge in [0.15, 0.2) is 0 Å². The molecule has 3 aromatic rings. The molecule has 0 amide bonds. The first kappa shape index (κ1) is 29.4. The minimum absolute atomic E-state index is 0.155. The molecule has 0 atom stereocenters. The molecule has 0 unspecified atom stereocenters. The second kappa shape index (κ2) is 12.3. The SMILES string of the molecule is CNCCOCCCN(C)c1ccc2c(-c3nc(NC4CCCC4)ncc3C(F)(F)F)c[nH]c2c1P(C)(C)=O. The van der Waals surface area contributed by atoms with Gasteiger partial charge < -0.3 is 29.8 Å². The molecular weight excluding hydrogens is 528 g/mol. The minimum Gasteiger partial charge on any atom is -0.380 e. The number of aromatic nitrogens is 3. The third kappa shape index (κ3) is 6.94. The number of nitrogens with zero attached hydrogens (tertiary/aromatic N) is 3. The molecule has 0 spiro atoms. The summed E-state index contributed by atoms with van der Waals surface area (Å²) in [6.07, 6.45) is 2.56. The summed E-state index contributed by atoms with van der Waals surface area (Å²) in [5.74, 6) is 0.185. The molecule has 12 heteroatoms. The number of anilines is 2. The van der Waals surface area contributed by atoms with Crippen molar-refractivity contribution in [1.29, 1.82) is 0 Å². The van der Waals surface area contributed by atoms with Crippen molar-refractivity contribution in [3.63, 3.8) is 0 Å². The lowest BCUT2D eigenvalue weighted by atomic mass is 10.1. The number of hydrogen-bond acceptors (Lipinski definition) is 7. The monoisotopic (exact) mass is 566 g/mol. The molecule has 1 aliphatic carbocycles. The van der Waals surface area contributed by atoms with Crippen LogP contribution in [0.25, 0.3) is 22.2 Å². The fraction of sp³-hybridized carbons (Fsp3) is 0.556. The predicted molar refractivity (Wildman–Crippen MR) is 152 cm³/mol. The van der Waals surface area contributed by atoms with Crippen molar-refractivity contribution in [2.24, 2.45) is 0 Å². The molecule has 214 valence electrons. The number of aromatic amines is 1. The molecule has 2 heterocycles. The number of fused-ring (bicyclic) bond motifs is 1. The van der Waals surface area contributed by atoms with Crippen LogP contribution in [0.5, 0.6) is 0 Å². The van der Waals surface area contributed by atoms with Gasteiger partial charge in [-0.2, -0.15) is 13.2 Å². The molecule has 1 saturated carbocycles. The van der Waals surface area contributed by atoms with Gasteiger partial charge in [-0.3, -0.25) is 0 Å². The van der Waals surface area contributed by atoms with Crippen LogP contribution in [-0.2, 0) is 15.5 Å². The van der Waals surface area contributed by atoms with Gasteiger partial charge in [-0.25, -0.2) is 9.97 Å². The summed E-state index contributed by atoms with van der Waals surface area (Å²) in [6, 6.07) is 3.77. The van der Waals surface area contributed by atoms with Crippen molar-refractivity contribution in [3.05, 3.63) is 30.1 Å². The number of ether oxygens (including phenoxy) is 1. The molecule has 1 fully saturated rings. The van der Waals surface area contributed by atoms with E-state index in [0.717, 1.165) is 50.5 Å². The van der Waals surface area contributed by atoms with Crippen LogP contribution >= 0.6 is 7.14 Å². The van der Waals surface area contributed by atoms with Crippen molar-refractivity contribution < 1.29 is 22.5 Å². The average molecular weight is 567 g/mol. The fourth-order valence-corrected chi connectivity index (χ4v) is 6.66. The van der Waals surface area contributed by atoms with Gasteiger partial charge in [0, 0.05) is 61.8 Å². The van der Waals surface area contributed by atoms with Gasteiger partial charge in [-0.15, -0.1) is 0 Å². The molecule has 0 aliphatic heterocycles. The number of likely N-dealkylation sites (N-methyl/N-ethyl adjacent to an activating group) is 1. The van der Waals surface area contributed by atoms with Crippen molar-refractivity contribution in [2.75, 3.05) is 63.9 Å². The smallest absolute Gasteiger partial charge is 0.380 e. The molecule has 0 radical (unpaired) electrons. The Morgan fingerprint density at radius 3 is 2.62 bits per heavy atom. The highest BCUT2D eigenvalue weighted by Crippen LogP contribution is 2.44. The maximum atomic E-state index is 14.1. The number of nitrogens with one attached hydrogen (secondary N) is 3. The fourth-order valence-electron chi connectivity index (χ4n) is 5.14. The van der Waals surface area contributed by atoms with Gasteiger partial charge >= 0.3 is 6.18 Å². The molecule has 3 N–H and O–H groups in total. The van der Waals surface area contributed by atoms with Crippen molar-refractivity contribution in [1.82, 2.24) is 20.3 Å². The Bertz CT molecular complexity index is 1320. The van der Waals surface area contributed by atoms with Crippen LogP contribution in [0, 0.1) is 0 Å². The van der Waals surface area contributed by atoms with E-state index in [1.54, 1.807) is 19.4 Å². The largest absolute Gasteiger partial charge is 0.419 e. The Balaban J connectivity index is 1.72. The number of hydrogen-bond donors (Lipinski definition) is 3. The summed E-state index contributed by atoms with van der Waals surface area (Å²) in [5, 5.41) is 7.38. The Labute approximate surface area is 227 Å². The summed E-state index contributed by atoms with van der Waals surface area (Å²) in [5.41, 5.74) is 0.539. The first-order valence-corrected chi connectivity index (χ1v) is 15.9. The maximum Gasteiger partial charge on any atom is 0.419 e. The van der Waals surface area contributed by atoms with E-state index < -0.39 is 18.9 Å². The van der Waals surface area contributed by atoms with E-state index in [9.17, 15) is 17.7 Å². The van der Waals surface area contributed by atoms with Crippen LogP contribution in [0.1, 0.15) is 37.7 Å². The highest BCUT2D eigenvalue weighted by atomic mass is 31.2. The van der Waals surface area contributed by atoms with Crippen LogP contribution in [0.3, 0.4) is 0 Å². The van der Waals surface area contributed by atoms with E-state index >= 15 is 0 Å². The standard InChI is InChI=1S/C27H38F3N6O2P/c1-31-12-15-38-14-7-13-36(2)22-11-10-19-20(16-32-24(19)25(22)39(3,4)37)23-21(27(28,29)30)17-33-26(35-23)34-18-8-5-6-9-18/h10-11,16-18,31-32H,5-9,12-15H2,1-4H3,(H,33,34,35). The van der Waals surface area contributed by atoms with Crippen LogP contribution in [0.2, 0.25) is 0 Å². The Morgan fingerprint density at radius 1 is 1.21 bits per heavy atom. The zero-order valence-corrected chi connectivity index (χ0v) is 23.9. The molecular formula is C27H38F3N6O2P. The normalized spacial score (nSPS) is 14.8. The highest BCUT2D eigenvalue weighted by Gasteiger charge is 2.36. The van der Waals surface area contributed by atoms with Gasteiger partial charge in [0.05, 0.1) is 23.1 Å². The molecule has 0 bridgehead atoms. The molecule has 2 aromatic heterocycles. The second-order valence-corrected chi connectivity index (χ2v) is 13.6. The first-order valence-electron chi connectivity index (χ1n) is 13.3. The molecule has 1 aliphatic rings. The lowest BCUT2D eigenvalue weighted by molar-refractivity contribution is -0.137. The van der Waals surface area contributed by atoms with Gasteiger partial charge in [-0.05, 0) is 45.7 Å². The molecule has 0 saturated heterocycles. The maximum absolute atomic E-state index is 14.1. The first-order chi connectivity index (χ1) is 18.5. The minimum atomic E-state index is -4.63.